The van der Waals surface area contributed by atoms with Crippen LogP contribution in [0.5, 0.6) is 5.88 Å². The van der Waals surface area contributed by atoms with Crippen LogP contribution in [0.15, 0.2) is 177 Å². The number of nitrogens with zero attached hydrogens (tertiary/aromatic N) is 18. The van der Waals surface area contributed by atoms with Gasteiger partial charge in [-0.25, -0.2) is 44.1 Å². The van der Waals surface area contributed by atoms with E-state index >= 15 is 0 Å². The minimum atomic E-state index is -0.318. The van der Waals surface area contributed by atoms with E-state index in [2.05, 4.69) is 224 Å². The Labute approximate surface area is 780 Å². The predicted molar refractivity (Wildman–Crippen MR) is 514 cm³/mol. The van der Waals surface area contributed by atoms with Crippen molar-refractivity contribution < 1.29 is 33.8 Å². The van der Waals surface area contributed by atoms with Crippen LogP contribution >= 0.6 is 0 Å². The molecule has 698 valence electrons. The quantitative estimate of drug-likeness (QED) is 0.0568. The highest BCUT2D eigenvalue weighted by atomic mass is 16.5. The number of carbonyl (C=O) groups is 5. The molecule has 3 N–H and O–H groups in total. The maximum atomic E-state index is 13.9. The Bertz CT molecular complexity index is 5310. The maximum absolute atomic E-state index is 13.9. The highest BCUT2D eigenvalue weighted by molar-refractivity contribution is 5.99. The lowest BCUT2D eigenvalue weighted by molar-refractivity contribution is 0.000398. The molecule has 9 amide bonds. The van der Waals surface area contributed by atoms with Gasteiger partial charge in [-0.05, 0) is 273 Å². The number of aromatic nitrogens is 5. The molecule has 4 aliphatic heterocycles. The molecule has 7 aromatic rings. The van der Waals surface area contributed by atoms with E-state index in [0.29, 0.717) is 78.5 Å². The first kappa shape index (κ1) is 94.0. The van der Waals surface area contributed by atoms with E-state index in [9.17, 15) is 34.3 Å². The summed E-state index contributed by atoms with van der Waals surface area (Å²) in [6, 6.07) is 45.9. The Morgan fingerprint density at radius 3 is 1.36 bits per heavy atom. The molecule has 27 nitrogen and oxygen atoms in total. The Balaban J connectivity index is 0.000000129. The second kappa shape index (κ2) is 39.5. The van der Waals surface area contributed by atoms with E-state index in [1.807, 2.05) is 56.9 Å². The molecule has 0 bridgehead atoms. The molecular weight excluding hydrogens is 1650 g/mol. The van der Waals surface area contributed by atoms with Crippen molar-refractivity contribution in [2.75, 3.05) is 142 Å². The number of β-amino-alcohol motifs (C(OH)–C–C–N with tert-alkyl or cyclic N) is 1. The zero-order valence-corrected chi connectivity index (χ0v) is 79.2. The minimum Gasteiger partial charge on any atom is -0.480 e. The van der Waals surface area contributed by atoms with Crippen molar-refractivity contribution in [2.24, 2.45) is 23.7 Å². The molecule has 1 unspecified atom stereocenters. The number of methoxy groups -OCH3 is 1. The summed E-state index contributed by atoms with van der Waals surface area (Å²) in [6.45, 7) is 7.43. The van der Waals surface area contributed by atoms with Crippen LogP contribution in [0.1, 0.15) is 211 Å². The van der Waals surface area contributed by atoms with Gasteiger partial charge >= 0.3 is 24.1 Å². The molecule has 4 spiro atoms. The lowest BCUT2D eigenvalue weighted by Gasteiger charge is -2.53. The fraction of sp³-hybridized carbons (Fsp3) is 0.543. The standard InChI is InChI=1S/C30H40N4O2.C27H33N5O.C25H33N5O2.C23H30N6O2/c1-31(2)27(35)24-13-15-26(16-14-24)33-22-29(34(28(33)36)21-23-9-8-10-23)17-19-30(20-18-29,32(3)4)25-11-6-5-7-12-25;1-20-15-23(16-28)30-17-24(20)31-19-26(32(25(31)33)18-21-7-6-8-21)11-13-27(29-2,14-12-26)22-9-4-3-5-10-22;1-26-25(20-9-4-3-5-10-20)13-11-24(12-14-25)18-29(21-15-28-22(32-2)16-27-21)23(31)30(24)17-19-7-6-8-19;1-27(2)23(18-6-4-3-5-7-18)10-8-22(9-11-23)17-28(21(31)29(22)12-13-30)19-15-25-20(14-24)26-16-19/h5-7,11-16,23H,8-10,17-22H2,1-4H3;3-5,9-10,15,17,21,29H,6-8,11-14,18-19H2,1-2H3;3-5,9-10,15-16,19,26H,6-8,11-14,17-18H2,1-2H3;3-6,15-16,18,30H,7-13,17H2,1-2H3. The number of aliphatic hydroxyl groups excluding tert-OH is 1. The summed E-state index contributed by atoms with van der Waals surface area (Å²) in [4.78, 5) is 110. The number of aryl methyl sites for hydroxylation is 1. The third-order valence-corrected chi connectivity index (χ3v) is 33.2. The van der Waals surface area contributed by atoms with Crippen LogP contribution in [-0.4, -0.2) is 245 Å². The number of nitriles is 2. The lowest BCUT2D eigenvalue weighted by atomic mass is 9.64. The number of urea groups is 4. The number of anilines is 4. The summed E-state index contributed by atoms with van der Waals surface area (Å²) in [5, 5.41) is 35.1. The SMILES string of the molecule is CN(C)C(=O)c1ccc(N2CC3(CCC(c4ccccc4)(N(C)C)CC3)N(CC3CCC3)C2=O)cc1.CN(C)C1(C2C=CC=CC2)CCC2(CC1)CN(c1cnc(C#N)nc1)C(=O)N2CCO.CNC1(c2ccccc2)CCC2(CC1)CN(c1cnc(C#N)cc1C)C(=O)N2CC1CCC1.CNC1(c2ccccc2)CCC2(CC1)CN(c1cnc(OC)cn1)C(=O)N2CC1CCC1. The summed E-state index contributed by atoms with van der Waals surface area (Å²) in [7, 11) is 17.9. The second-order valence-electron chi connectivity index (χ2n) is 40.3. The highest BCUT2D eigenvalue weighted by Gasteiger charge is 2.61. The lowest BCUT2D eigenvalue weighted by Crippen LogP contribution is -2.59. The van der Waals surface area contributed by atoms with Gasteiger partial charge in [0.25, 0.3) is 5.91 Å². The van der Waals surface area contributed by atoms with Gasteiger partial charge in [-0.2, -0.15) is 10.5 Å². The van der Waals surface area contributed by atoms with Gasteiger partial charge in [-0.1, -0.05) is 135 Å². The van der Waals surface area contributed by atoms with Gasteiger partial charge in [-0.15, -0.1) is 0 Å². The van der Waals surface area contributed by atoms with Crippen molar-refractivity contribution in [2.45, 2.75) is 218 Å². The van der Waals surface area contributed by atoms with Crippen LogP contribution in [0.2, 0.25) is 0 Å². The first-order chi connectivity index (χ1) is 63.8. The fourth-order valence-electron chi connectivity index (χ4n) is 24.0. The number of hydrogen-bond donors (Lipinski definition) is 3. The number of amides is 9. The maximum Gasteiger partial charge on any atom is 0.326 e. The predicted octanol–water partition coefficient (Wildman–Crippen LogP) is 16.2. The van der Waals surface area contributed by atoms with Crippen LogP contribution in [0.4, 0.5) is 42.1 Å². The van der Waals surface area contributed by atoms with E-state index in [-0.39, 0.29) is 86.8 Å². The van der Waals surface area contributed by atoms with Crippen molar-refractivity contribution in [1.29, 1.82) is 10.5 Å². The molecule has 1 atom stereocenters. The smallest absolute Gasteiger partial charge is 0.326 e. The molecule has 19 rings (SSSR count). The number of allylic oxidation sites excluding steroid dienone is 3. The highest BCUT2D eigenvalue weighted by Crippen LogP contribution is 2.55. The van der Waals surface area contributed by atoms with E-state index in [1.165, 1.54) is 86.9 Å². The van der Waals surface area contributed by atoms with Crippen LogP contribution in [0, 0.1) is 53.3 Å². The van der Waals surface area contributed by atoms with Gasteiger partial charge in [0, 0.05) is 73.7 Å². The van der Waals surface area contributed by atoms with Crippen LogP contribution in [0.3, 0.4) is 0 Å². The third kappa shape index (κ3) is 18.2. The van der Waals surface area contributed by atoms with Crippen molar-refractivity contribution in [1.82, 2.24) is 69.9 Å². The monoisotopic (exact) mass is 1790 g/mol. The van der Waals surface area contributed by atoms with E-state index in [0.717, 1.165) is 152 Å². The van der Waals surface area contributed by atoms with Gasteiger partial charge in [0.2, 0.25) is 11.7 Å². The third-order valence-electron chi connectivity index (χ3n) is 33.2. The topological polar surface area (TPSA) is 287 Å². The summed E-state index contributed by atoms with van der Waals surface area (Å²) in [5.41, 5.74) is 7.55. The molecule has 4 saturated heterocycles. The van der Waals surface area contributed by atoms with Crippen LogP contribution < -0.4 is 35.0 Å². The Kier molecular flexibility index (Phi) is 28.2. The van der Waals surface area contributed by atoms with Gasteiger partial charge in [0.05, 0.1) is 104 Å². The molecule has 0 radical (unpaired) electrons. The number of rotatable bonds is 22. The minimum absolute atomic E-state index is 0.000688. The number of hydrogen-bond acceptors (Lipinski definition) is 18. The molecule has 132 heavy (non-hydrogen) atoms. The summed E-state index contributed by atoms with van der Waals surface area (Å²) in [6.07, 6.45) is 44.7. The summed E-state index contributed by atoms with van der Waals surface area (Å²) in [5.74, 6) is 3.46. The van der Waals surface area contributed by atoms with Gasteiger partial charge in [0.15, 0.2) is 5.82 Å². The first-order valence-corrected chi connectivity index (χ1v) is 48.3. The summed E-state index contributed by atoms with van der Waals surface area (Å²) < 4.78 is 5.15. The number of ether oxygens (including phenoxy) is 1. The van der Waals surface area contributed by atoms with Crippen LogP contribution in [0.25, 0.3) is 0 Å². The van der Waals surface area contributed by atoms with Crippen molar-refractivity contribution in [3.05, 3.63) is 216 Å². The van der Waals surface area contributed by atoms with E-state index < -0.39 is 0 Å². The number of benzene rings is 4. The first-order valence-electron chi connectivity index (χ1n) is 48.3. The zero-order valence-electron chi connectivity index (χ0n) is 79.2. The van der Waals surface area contributed by atoms with Gasteiger partial charge in [0.1, 0.15) is 17.8 Å². The van der Waals surface area contributed by atoms with Gasteiger partial charge in [-0.3, -0.25) is 29.3 Å². The van der Waals surface area contributed by atoms with Crippen molar-refractivity contribution >= 4 is 52.9 Å². The molecule has 3 aromatic heterocycles. The molecule has 12 aliphatic rings. The number of pyridine rings is 1. The van der Waals surface area contributed by atoms with Crippen molar-refractivity contribution in [3.63, 3.8) is 0 Å². The zero-order chi connectivity index (χ0) is 92.8. The second-order valence-corrected chi connectivity index (χ2v) is 40.3. The van der Waals surface area contributed by atoms with Gasteiger partial charge < -0.3 is 49.9 Å². The fourth-order valence-corrected chi connectivity index (χ4v) is 24.0. The Morgan fingerprint density at radius 1 is 0.492 bits per heavy atom. The molecule has 8 aliphatic carbocycles. The van der Waals surface area contributed by atoms with Crippen LogP contribution in [-0.2, 0) is 16.6 Å². The molecule has 27 heteroatoms. The van der Waals surface area contributed by atoms with E-state index in [1.54, 1.807) is 55.7 Å². The average molecular weight is 1790 g/mol. The Morgan fingerprint density at radius 2 is 0.947 bits per heavy atom. The number of carbonyl (C=O) groups excluding carboxylic acids is 5. The molecule has 7 saturated carbocycles. The molecule has 4 aromatic carbocycles. The number of nitrogens with one attached hydrogen (secondary N) is 2. The molecular formula is C105H136N20O7. The average Bonchev–Trinajstić information content (AvgIpc) is 1.57. The molecule has 11 fully saturated rings. The van der Waals surface area contributed by atoms with Crippen molar-refractivity contribution in [3.8, 4) is 18.0 Å². The largest absolute Gasteiger partial charge is 0.480 e. The normalized spacial score (nSPS) is 28.1. The number of aliphatic hydroxyl groups is 1. The van der Waals surface area contributed by atoms with E-state index in [4.69, 9.17) is 10.00 Å². The summed E-state index contributed by atoms with van der Waals surface area (Å²) >= 11 is 0. The Hall–Kier alpha value is -11.2. The molecule has 7 heterocycles.